The van der Waals surface area contributed by atoms with E-state index in [-0.39, 0.29) is 32.8 Å². The van der Waals surface area contributed by atoms with Crippen LogP contribution < -0.4 is 14.8 Å². The van der Waals surface area contributed by atoms with Crippen molar-refractivity contribution in [3.63, 3.8) is 0 Å². The van der Waals surface area contributed by atoms with Crippen molar-refractivity contribution in [3.05, 3.63) is 51.5 Å². The number of benzene rings is 2. The average Bonchev–Trinajstić information content (AvgIpc) is 2.79. The molecule has 6 nitrogen and oxygen atoms in total. The van der Waals surface area contributed by atoms with Crippen LogP contribution in [0.3, 0.4) is 0 Å². The third-order valence-electron chi connectivity index (χ3n) is 7.47. The molecule has 0 saturated heterocycles. The van der Waals surface area contributed by atoms with Crippen molar-refractivity contribution < 1.29 is 23.8 Å². The van der Waals surface area contributed by atoms with Gasteiger partial charge in [0, 0.05) is 5.54 Å². The molecule has 1 N–H and O–H groups in total. The van der Waals surface area contributed by atoms with Crippen LogP contribution in [0.4, 0.5) is 0 Å². The lowest BCUT2D eigenvalue weighted by Crippen LogP contribution is -2.59. The van der Waals surface area contributed by atoms with E-state index in [0.717, 1.165) is 37.0 Å². The summed E-state index contributed by atoms with van der Waals surface area (Å²) in [6.07, 6.45) is 7.08. The largest absolute Gasteiger partial charge is 0.496 e. The normalized spacial score (nSPS) is 26.8. The Kier molecular flexibility index (Phi) is 6.15. The number of amides is 1. The first kappa shape index (κ1) is 23.3. The summed E-state index contributed by atoms with van der Waals surface area (Å²) >= 11 is 12.7. The summed E-state index contributed by atoms with van der Waals surface area (Å²) in [4.78, 5) is 25.3. The Labute approximate surface area is 208 Å². The fraction of sp³-hybridized carbons (Fsp3) is 0.462. The molecular weight excluding hydrogens is 477 g/mol. The second kappa shape index (κ2) is 8.97. The van der Waals surface area contributed by atoms with Gasteiger partial charge in [-0.1, -0.05) is 23.2 Å². The monoisotopic (exact) mass is 503 g/mol. The number of rotatable bonds is 6. The van der Waals surface area contributed by atoms with Crippen LogP contribution in [0.5, 0.6) is 17.2 Å². The Hall–Kier alpha value is -2.44. The topological polar surface area (TPSA) is 73.9 Å². The first-order valence-electron chi connectivity index (χ1n) is 11.5. The van der Waals surface area contributed by atoms with Crippen molar-refractivity contribution in [1.29, 1.82) is 0 Å². The second-order valence-corrected chi connectivity index (χ2v) is 10.7. The molecule has 0 atom stereocenters. The smallest absolute Gasteiger partial charge is 0.337 e. The Balaban J connectivity index is 1.39. The molecule has 0 heterocycles. The van der Waals surface area contributed by atoms with Crippen LogP contribution in [0, 0.1) is 17.8 Å². The van der Waals surface area contributed by atoms with E-state index in [4.69, 9.17) is 37.4 Å². The van der Waals surface area contributed by atoms with E-state index >= 15 is 0 Å². The molecule has 0 unspecified atom stereocenters. The van der Waals surface area contributed by atoms with Crippen molar-refractivity contribution >= 4 is 35.1 Å². The Morgan fingerprint density at radius 2 is 1.53 bits per heavy atom. The fourth-order valence-electron chi connectivity index (χ4n) is 6.51. The minimum Gasteiger partial charge on any atom is -0.496 e. The van der Waals surface area contributed by atoms with Crippen LogP contribution >= 0.6 is 23.2 Å². The molecule has 180 valence electrons. The van der Waals surface area contributed by atoms with Gasteiger partial charge in [0.2, 0.25) is 0 Å². The standard InChI is InChI=1S/C26H27Cl2NO5/c1-32-22-4-3-18(34-23-20(27)8-17(9-21(23)28)25(31)33-2)10-19(22)24(30)29-26-11-14-5-15(12-26)7-16(6-14)13-26/h3-4,8-10,14-16H,5-7,11-13H2,1-2H3,(H,29,30). The molecule has 4 saturated carbocycles. The highest BCUT2D eigenvalue weighted by Crippen LogP contribution is 2.55. The van der Waals surface area contributed by atoms with E-state index in [2.05, 4.69) is 5.32 Å². The van der Waals surface area contributed by atoms with Crippen LogP contribution in [-0.2, 0) is 4.74 Å². The molecule has 2 aromatic carbocycles. The highest BCUT2D eigenvalue weighted by molar-refractivity contribution is 6.37. The van der Waals surface area contributed by atoms with E-state index in [0.29, 0.717) is 17.1 Å². The van der Waals surface area contributed by atoms with E-state index in [1.54, 1.807) is 18.2 Å². The van der Waals surface area contributed by atoms with E-state index in [1.165, 1.54) is 45.6 Å². The SMILES string of the molecule is COC(=O)c1cc(Cl)c(Oc2ccc(OC)c(C(=O)NC34CC5CC(CC(C5)C3)C4)c2)c(Cl)c1. The van der Waals surface area contributed by atoms with Crippen LogP contribution in [0.25, 0.3) is 0 Å². The lowest BCUT2D eigenvalue weighted by molar-refractivity contribution is -0.0167. The third kappa shape index (κ3) is 4.34. The predicted molar refractivity (Wildman–Crippen MR) is 129 cm³/mol. The van der Waals surface area contributed by atoms with Crippen LogP contribution in [-0.4, -0.2) is 31.6 Å². The maximum Gasteiger partial charge on any atom is 0.337 e. The number of ether oxygens (including phenoxy) is 3. The summed E-state index contributed by atoms with van der Waals surface area (Å²) in [5.74, 6) is 2.49. The molecule has 4 aliphatic rings. The van der Waals surface area contributed by atoms with Gasteiger partial charge >= 0.3 is 5.97 Å². The molecule has 4 bridgehead atoms. The zero-order valence-corrected chi connectivity index (χ0v) is 20.7. The second-order valence-electron chi connectivity index (χ2n) is 9.88. The Morgan fingerprint density at radius 1 is 0.941 bits per heavy atom. The van der Waals surface area contributed by atoms with Gasteiger partial charge in [-0.25, -0.2) is 4.79 Å². The number of halogens is 2. The Bertz CT molecular complexity index is 1090. The number of methoxy groups -OCH3 is 2. The third-order valence-corrected chi connectivity index (χ3v) is 8.03. The van der Waals surface area contributed by atoms with Gasteiger partial charge in [-0.3, -0.25) is 4.79 Å². The lowest BCUT2D eigenvalue weighted by Gasteiger charge is -2.56. The Morgan fingerprint density at radius 3 is 2.06 bits per heavy atom. The predicted octanol–water partition coefficient (Wildman–Crippen LogP) is 6.28. The highest BCUT2D eigenvalue weighted by Gasteiger charge is 2.51. The molecule has 0 aliphatic heterocycles. The number of nitrogens with one attached hydrogen (secondary N) is 1. The molecule has 34 heavy (non-hydrogen) atoms. The van der Waals surface area contributed by atoms with Crippen molar-refractivity contribution in [3.8, 4) is 17.2 Å². The molecule has 2 aromatic rings. The van der Waals surface area contributed by atoms with E-state index < -0.39 is 5.97 Å². The fourth-order valence-corrected chi connectivity index (χ4v) is 7.08. The molecular formula is C26H27Cl2NO5. The summed E-state index contributed by atoms with van der Waals surface area (Å²) in [6, 6.07) is 7.86. The van der Waals surface area contributed by atoms with Crippen LogP contribution in [0.1, 0.15) is 59.2 Å². The number of carbonyl (C=O) groups excluding carboxylic acids is 2. The first-order chi connectivity index (χ1) is 16.3. The van der Waals surface area contributed by atoms with Crippen molar-refractivity contribution in [2.45, 2.75) is 44.1 Å². The zero-order chi connectivity index (χ0) is 24.0. The number of esters is 1. The van der Waals surface area contributed by atoms with Crippen molar-refractivity contribution in [1.82, 2.24) is 5.32 Å². The number of hydrogen-bond donors (Lipinski definition) is 1. The first-order valence-corrected chi connectivity index (χ1v) is 12.3. The molecule has 1 amide bonds. The quantitative estimate of drug-likeness (QED) is 0.469. The molecule has 0 radical (unpaired) electrons. The van der Waals surface area contributed by atoms with Gasteiger partial charge in [-0.2, -0.15) is 0 Å². The van der Waals surface area contributed by atoms with Gasteiger partial charge in [0.05, 0.1) is 35.4 Å². The van der Waals surface area contributed by atoms with Crippen molar-refractivity contribution in [2.75, 3.05) is 14.2 Å². The van der Waals surface area contributed by atoms with Crippen LogP contribution in [0.15, 0.2) is 30.3 Å². The summed E-state index contributed by atoms with van der Waals surface area (Å²) in [5, 5.41) is 3.69. The molecule has 0 aromatic heterocycles. The minimum atomic E-state index is -0.552. The maximum atomic E-state index is 13.5. The lowest BCUT2D eigenvalue weighted by atomic mass is 9.53. The number of hydrogen-bond acceptors (Lipinski definition) is 5. The highest BCUT2D eigenvalue weighted by atomic mass is 35.5. The molecule has 8 heteroatoms. The van der Waals surface area contributed by atoms with Gasteiger partial charge in [0.1, 0.15) is 11.5 Å². The number of carbonyl (C=O) groups is 2. The molecule has 4 aliphatic carbocycles. The summed E-state index contributed by atoms with van der Waals surface area (Å²) in [7, 11) is 2.82. The molecule has 4 fully saturated rings. The van der Waals surface area contributed by atoms with E-state index in [1.807, 2.05) is 0 Å². The van der Waals surface area contributed by atoms with Gasteiger partial charge in [0.15, 0.2) is 5.75 Å². The van der Waals surface area contributed by atoms with Gasteiger partial charge in [0.25, 0.3) is 5.91 Å². The van der Waals surface area contributed by atoms with Gasteiger partial charge in [-0.15, -0.1) is 0 Å². The van der Waals surface area contributed by atoms with Gasteiger partial charge in [-0.05, 0) is 86.6 Å². The molecule has 0 spiro atoms. The summed E-state index contributed by atoms with van der Waals surface area (Å²) < 4.78 is 16.1. The zero-order valence-electron chi connectivity index (χ0n) is 19.2. The van der Waals surface area contributed by atoms with Gasteiger partial charge < -0.3 is 19.5 Å². The maximum absolute atomic E-state index is 13.5. The summed E-state index contributed by atoms with van der Waals surface area (Å²) in [6.45, 7) is 0. The van der Waals surface area contributed by atoms with Crippen molar-refractivity contribution in [2.24, 2.45) is 17.8 Å². The average molecular weight is 504 g/mol. The minimum absolute atomic E-state index is 0.121. The molecule has 6 rings (SSSR count). The van der Waals surface area contributed by atoms with Crippen LogP contribution in [0.2, 0.25) is 10.0 Å². The summed E-state index contributed by atoms with van der Waals surface area (Å²) in [5.41, 5.74) is 0.494. The van der Waals surface area contributed by atoms with E-state index in [9.17, 15) is 9.59 Å².